The molecule has 1 aliphatic rings. The van der Waals surface area contributed by atoms with Gasteiger partial charge in [-0.15, -0.1) is 0 Å². The molecule has 3 nitrogen and oxygen atoms in total. The lowest BCUT2D eigenvalue weighted by molar-refractivity contribution is 0.0849. The first-order valence-electron chi connectivity index (χ1n) is 4.58. The minimum Gasteiger partial charge on any atom is -0.377 e. The molecule has 0 aromatic heterocycles. The number of rotatable bonds is 2. The average Bonchev–Trinajstić information content (AvgIpc) is 2.21. The molecule has 0 amide bonds. The van der Waals surface area contributed by atoms with Crippen LogP contribution in [0.1, 0.15) is 0 Å². The van der Waals surface area contributed by atoms with Crippen molar-refractivity contribution in [2.45, 2.75) is 6.17 Å². The normalized spacial score (nSPS) is 22.6. The van der Waals surface area contributed by atoms with Gasteiger partial charge in [0.05, 0.1) is 13.2 Å². The van der Waals surface area contributed by atoms with Crippen LogP contribution < -0.4 is 10.6 Å². The van der Waals surface area contributed by atoms with Gasteiger partial charge in [-0.05, 0) is 12.1 Å². The van der Waals surface area contributed by atoms with E-state index in [1.165, 1.54) is 0 Å². The van der Waals surface area contributed by atoms with Gasteiger partial charge in [0.15, 0.2) is 0 Å². The molecule has 13 heavy (non-hydrogen) atoms. The number of morpholine rings is 1. The first-order chi connectivity index (χ1) is 6.45. The Labute approximate surface area is 78.1 Å². The van der Waals surface area contributed by atoms with Gasteiger partial charge in [0.2, 0.25) is 0 Å². The first-order valence-corrected chi connectivity index (χ1v) is 4.58. The summed E-state index contributed by atoms with van der Waals surface area (Å²) in [6, 6.07) is 10.2. The van der Waals surface area contributed by atoms with Crippen molar-refractivity contribution < 1.29 is 4.74 Å². The van der Waals surface area contributed by atoms with Gasteiger partial charge in [0.1, 0.15) is 6.17 Å². The summed E-state index contributed by atoms with van der Waals surface area (Å²) in [6.07, 6.45) is 0.246. The molecule has 1 atom stereocenters. The Morgan fingerprint density at radius 1 is 1.31 bits per heavy atom. The molecule has 0 saturated carbocycles. The molecule has 0 aliphatic carbocycles. The van der Waals surface area contributed by atoms with Gasteiger partial charge in [0.25, 0.3) is 0 Å². The molecular formula is C10H14N2O. The predicted molar refractivity (Wildman–Crippen MR) is 52.7 cm³/mol. The minimum absolute atomic E-state index is 0.246. The lowest BCUT2D eigenvalue weighted by atomic mass is 10.3. The van der Waals surface area contributed by atoms with Crippen molar-refractivity contribution in [3.8, 4) is 0 Å². The van der Waals surface area contributed by atoms with Crippen molar-refractivity contribution in [2.24, 2.45) is 0 Å². The third-order valence-corrected chi connectivity index (χ3v) is 2.04. The van der Waals surface area contributed by atoms with Crippen LogP contribution in [0.25, 0.3) is 0 Å². The maximum absolute atomic E-state index is 5.33. The molecule has 3 heteroatoms. The quantitative estimate of drug-likeness (QED) is 0.710. The standard InChI is InChI=1S/C10H14N2O/c1-2-4-9(5-3-1)12-10-8-13-7-6-11-10/h1-5,10-12H,6-8H2. The highest BCUT2D eigenvalue weighted by molar-refractivity contribution is 5.43. The maximum atomic E-state index is 5.33. The van der Waals surface area contributed by atoms with Gasteiger partial charge in [-0.1, -0.05) is 18.2 Å². The molecule has 1 aliphatic heterocycles. The Morgan fingerprint density at radius 3 is 2.85 bits per heavy atom. The lowest BCUT2D eigenvalue weighted by Crippen LogP contribution is -2.46. The lowest BCUT2D eigenvalue weighted by Gasteiger charge is -2.25. The second kappa shape index (κ2) is 4.25. The smallest absolute Gasteiger partial charge is 0.101 e. The topological polar surface area (TPSA) is 33.3 Å². The molecular weight excluding hydrogens is 164 g/mol. The van der Waals surface area contributed by atoms with Crippen molar-refractivity contribution in [1.29, 1.82) is 0 Å². The predicted octanol–water partition coefficient (Wildman–Crippen LogP) is 1.04. The fraction of sp³-hybridized carbons (Fsp3) is 0.400. The maximum Gasteiger partial charge on any atom is 0.101 e. The zero-order valence-corrected chi connectivity index (χ0v) is 7.49. The monoisotopic (exact) mass is 178 g/mol. The number of ether oxygens (including phenoxy) is 1. The minimum atomic E-state index is 0.246. The van der Waals surface area contributed by atoms with Gasteiger partial charge < -0.3 is 10.1 Å². The molecule has 0 radical (unpaired) electrons. The van der Waals surface area contributed by atoms with Crippen LogP contribution in [-0.2, 0) is 4.74 Å². The third kappa shape index (κ3) is 2.44. The second-order valence-corrected chi connectivity index (χ2v) is 3.09. The summed E-state index contributed by atoms with van der Waals surface area (Å²) in [5.41, 5.74) is 1.13. The summed E-state index contributed by atoms with van der Waals surface area (Å²) in [6.45, 7) is 2.46. The van der Waals surface area contributed by atoms with Crippen LogP contribution in [0, 0.1) is 0 Å². The number of benzene rings is 1. The molecule has 70 valence electrons. The summed E-state index contributed by atoms with van der Waals surface area (Å²) in [5.74, 6) is 0. The van der Waals surface area contributed by atoms with E-state index in [4.69, 9.17) is 4.74 Å². The van der Waals surface area contributed by atoms with Gasteiger partial charge in [-0.3, -0.25) is 5.32 Å². The third-order valence-electron chi connectivity index (χ3n) is 2.04. The Kier molecular flexibility index (Phi) is 2.79. The van der Waals surface area contributed by atoms with Crippen molar-refractivity contribution in [2.75, 3.05) is 25.1 Å². The van der Waals surface area contributed by atoms with E-state index in [2.05, 4.69) is 22.8 Å². The van der Waals surface area contributed by atoms with E-state index in [1.807, 2.05) is 18.2 Å². The van der Waals surface area contributed by atoms with Crippen LogP contribution in [0.3, 0.4) is 0 Å². The Hall–Kier alpha value is -1.06. The number of anilines is 1. The number of para-hydroxylation sites is 1. The van der Waals surface area contributed by atoms with Crippen LogP contribution in [0.4, 0.5) is 5.69 Å². The molecule has 1 unspecified atom stereocenters. The van der Waals surface area contributed by atoms with Crippen LogP contribution in [0.5, 0.6) is 0 Å². The molecule has 1 aromatic rings. The largest absolute Gasteiger partial charge is 0.377 e. The SMILES string of the molecule is c1ccc(NC2COCCN2)cc1. The van der Waals surface area contributed by atoms with Crippen LogP contribution in [0.15, 0.2) is 30.3 Å². The highest BCUT2D eigenvalue weighted by Crippen LogP contribution is 2.06. The van der Waals surface area contributed by atoms with Crippen LogP contribution in [-0.4, -0.2) is 25.9 Å². The van der Waals surface area contributed by atoms with Crippen molar-refractivity contribution >= 4 is 5.69 Å². The molecule has 1 saturated heterocycles. The summed E-state index contributed by atoms with van der Waals surface area (Å²) in [5, 5.41) is 6.68. The van der Waals surface area contributed by atoms with E-state index < -0.39 is 0 Å². The Bertz CT molecular complexity index is 244. The van der Waals surface area contributed by atoms with Crippen LogP contribution >= 0.6 is 0 Å². The highest BCUT2D eigenvalue weighted by Gasteiger charge is 2.11. The number of nitrogens with one attached hydrogen (secondary N) is 2. The van der Waals surface area contributed by atoms with E-state index >= 15 is 0 Å². The molecule has 1 fully saturated rings. The Balaban J connectivity index is 1.90. The second-order valence-electron chi connectivity index (χ2n) is 3.09. The summed E-state index contributed by atoms with van der Waals surface area (Å²) >= 11 is 0. The van der Waals surface area contributed by atoms with Gasteiger partial charge >= 0.3 is 0 Å². The molecule has 2 rings (SSSR count). The van der Waals surface area contributed by atoms with Gasteiger partial charge in [-0.2, -0.15) is 0 Å². The fourth-order valence-electron chi connectivity index (χ4n) is 1.39. The molecule has 1 aromatic carbocycles. The van der Waals surface area contributed by atoms with E-state index in [-0.39, 0.29) is 6.17 Å². The van der Waals surface area contributed by atoms with E-state index in [0.29, 0.717) is 0 Å². The zero-order valence-electron chi connectivity index (χ0n) is 7.49. The molecule has 1 heterocycles. The summed E-state index contributed by atoms with van der Waals surface area (Å²) < 4.78 is 5.33. The number of hydrogen-bond acceptors (Lipinski definition) is 3. The fourth-order valence-corrected chi connectivity index (χ4v) is 1.39. The van der Waals surface area contributed by atoms with Crippen molar-refractivity contribution in [3.05, 3.63) is 30.3 Å². The number of hydrogen-bond donors (Lipinski definition) is 2. The zero-order chi connectivity index (χ0) is 8.93. The average molecular weight is 178 g/mol. The molecule has 0 bridgehead atoms. The van der Waals surface area contributed by atoms with Crippen molar-refractivity contribution in [1.82, 2.24) is 5.32 Å². The van der Waals surface area contributed by atoms with Gasteiger partial charge in [0, 0.05) is 12.2 Å². The van der Waals surface area contributed by atoms with Crippen LogP contribution in [0.2, 0.25) is 0 Å². The van der Waals surface area contributed by atoms with Crippen molar-refractivity contribution in [3.63, 3.8) is 0 Å². The Morgan fingerprint density at radius 2 is 2.15 bits per heavy atom. The summed E-state index contributed by atoms with van der Waals surface area (Å²) in [7, 11) is 0. The summed E-state index contributed by atoms with van der Waals surface area (Å²) in [4.78, 5) is 0. The first kappa shape index (κ1) is 8.53. The van der Waals surface area contributed by atoms with E-state index in [1.54, 1.807) is 0 Å². The van der Waals surface area contributed by atoms with Gasteiger partial charge in [-0.25, -0.2) is 0 Å². The van der Waals surface area contributed by atoms with E-state index in [0.717, 1.165) is 25.4 Å². The molecule has 2 N–H and O–H groups in total. The molecule has 0 spiro atoms. The highest BCUT2D eigenvalue weighted by atomic mass is 16.5. The van der Waals surface area contributed by atoms with E-state index in [9.17, 15) is 0 Å².